The Bertz CT molecular complexity index is 1490. The van der Waals surface area contributed by atoms with Crippen molar-refractivity contribution in [2.45, 2.75) is 45.1 Å². The predicted octanol–water partition coefficient (Wildman–Crippen LogP) is 7.58. The van der Waals surface area contributed by atoms with E-state index < -0.39 is 20.1 Å². The average Bonchev–Trinajstić information content (AvgIpc) is 3.02. The molecule has 7 nitrogen and oxygen atoms in total. The van der Waals surface area contributed by atoms with E-state index >= 15 is 0 Å². The van der Waals surface area contributed by atoms with Gasteiger partial charge in [0.05, 0.1) is 18.0 Å². The molecule has 0 fully saturated rings. The molecule has 9 heteroatoms. The number of halogens is 1. The Labute approximate surface area is 259 Å². The standard InChI is InChI=1S/C35H39FN2O5Si/c1-26(28-10-12-29(13-11-28)33-7-5-6-20-37-33)38-42-22-21-40-31-16-8-27(9-17-31)25-34(35(39)41-23-24-44(2,3)4)43-32-18-14-30(36)15-19-32/h5-20,34H,21-25H2,1-4H3. The maximum absolute atomic E-state index is 13.4. The molecule has 0 N–H and O–H groups in total. The Morgan fingerprint density at radius 3 is 2.23 bits per heavy atom. The number of nitrogens with zero attached hydrogens (tertiary/aromatic N) is 2. The van der Waals surface area contributed by atoms with Gasteiger partial charge >= 0.3 is 5.97 Å². The van der Waals surface area contributed by atoms with Crippen LogP contribution in [0.5, 0.6) is 11.5 Å². The van der Waals surface area contributed by atoms with Gasteiger partial charge in [-0.3, -0.25) is 4.98 Å². The van der Waals surface area contributed by atoms with Crippen LogP contribution in [0.4, 0.5) is 4.39 Å². The van der Waals surface area contributed by atoms with Crippen molar-refractivity contribution in [3.63, 3.8) is 0 Å². The lowest BCUT2D eigenvalue weighted by atomic mass is 10.1. The number of carbonyl (C=O) groups excluding carboxylic acids is 1. The Morgan fingerprint density at radius 2 is 1.57 bits per heavy atom. The van der Waals surface area contributed by atoms with Gasteiger partial charge in [-0.1, -0.05) is 67.3 Å². The number of oxime groups is 1. The highest BCUT2D eigenvalue weighted by Gasteiger charge is 2.24. The van der Waals surface area contributed by atoms with E-state index in [1.807, 2.05) is 73.7 Å². The first-order chi connectivity index (χ1) is 21.2. The minimum Gasteiger partial charge on any atom is -0.490 e. The molecule has 0 aliphatic heterocycles. The molecule has 3 aromatic carbocycles. The second kappa shape index (κ2) is 15.8. The molecular weight excluding hydrogens is 575 g/mol. The molecule has 1 heterocycles. The fourth-order valence-corrected chi connectivity index (χ4v) is 4.86. The fraction of sp³-hybridized carbons (Fsp3) is 0.286. The zero-order chi connectivity index (χ0) is 31.4. The molecule has 44 heavy (non-hydrogen) atoms. The zero-order valence-electron chi connectivity index (χ0n) is 25.7. The van der Waals surface area contributed by atoms with E-state index in [1.165, 1.54) is 24.3 Å². The van der Waals surface area contributed by atoms with Crippen LogP contribution < -0.4 is 9.47 Å². The maximum Gasteiger partial charge on any atom is 0.347 e. The van der Waals surface area contributed by atoms with Crippen molar-refractivity contribution in [3.05, 3.63) is 114 Å². The quantitative estimate of drug-likeness (QED) is 0.0452. The van der Waals surface area contributed by atoms with E-state index in [4.69, 9.17) is 19.0 Å². The van der Waals surface area contributed by atoms with Crippen LogP contribution in [-0.4, -0.2) is 50.7 Å². The van der Waals surface area contributed by atoms with E-state index in [0.29, 0.717) is 31.1 Å². The summed E-state index contributed by atoms with van der Waals surface area (Å²) in [4.78, 5) is 22.8. The monoisotopic (exact) mass is 614 g/mol. The zero-order valence-corrected chi connectivity index (χ0v) is 26.7. The number of hydrogen-bond donors (Lipinski definition) is 0. The number of benzene rings is 3. The predicted molar refractivity (Wildman–Crippen MR) is 173 cm³/mol. The second-order valence-electron chi connectivity index (χ2n) is 11.5. The maximum atomic E-state index is 13.4. The Balaban J connectivity index is 1.26. The van der Waals surface area contributed by atoms with Crippen molar-refractivity contribution >= 4 is 19.8 Å². The lowest BCUT2D eigenvalue weighted by Crippen LogP contribution is -2.33. The molecule has 0 radical (unpaired) electrons. The highest BCUT2D eigenvalue weighted by Crippen LogP contribution is 2.20. The van der Waals surface area contributed by atoms with Crippen LogP contribution in [-0.2, 0) is 20.8 Å². The number of pyridine rings is 1. The highest BCUT2D eigenvalue weighted by molar-refractivity contribution is 6.76. The summed E-state index contributed by atoms with van der Waals surface area (Å²) in [5, 5.41) is 4.21. The summed E-state index contributed by atoms with van der Waals surface area (Å²) in [6.45, 7) is 9.51. The van der Waals surface area contributed by atoms with Gasteiger partial charge in [-0.05, 0) is 72.6 Å². The van der Waals surface area contributed by atoms with Gasteiger partial charge in [0.25, 0.3) is 0 Å². The molecule has 0 amide bonds. The van der Waals surface area contributed by atoms with Gasteiger partial charge in [0.1, 0.15) is 23.9 Å². The number of ether oxygens (including phenoxy) is 3. The van der Waals surface area contributed by atoms with Crippen molar-refractivity contribution in [1.29, 1.82) is 0 Å². The number of rotatable bonds is 15. The molecule has 0 aliphatic rings. The van der Waals surface area contributed by atoms with Crippen LogP contribution in [0.2, 0.25) is 25.7 Å². The van der Waals surface area contributed by atoms with E-state index in [-0.39, 0.29) is 12.4 Å². The third kappa shape index (κ3) is 10.6. The SMILES string of the molecule is CC(=NOCCOc1ccc(CC(Oc2ccc(F)cc2)C(=O)OCC[Si](C)(C)C)cc1)c1ccc(-c2ccccn2)cc1. The topological polar surface area (TPSA) is 79.2 Å². The van der Waals surface area contributed by atoms with Crippen LogP contribution in [0.25, 0.3) is 11.3 Å². The molecule has 1 aromatic heterocycles. The highest BCUT2D eigenvalue weighted by atomic mass is 28.3. The summed E-state index contributed by atoms with van der Waals surface area (Å²) < 4.78 is 30.7. The van der Waals surface area contributed by atoms with Gasteiger partial charge in [0, 0.05) is 26.3 Å². The van der Waals surface area contributed by atoms with Crippen LogP contribution >= 0.6 is 0 Å². The molecule has 0 bridgehead atoms. The molecule has 230 valence electrons. The summed E-state index contributed by atoms with van der Waals surface area (Å²) in [6, 6.07) is 27.7. The van der Waals surface area contributed by atoms with Crippen LogP contribution in [0.3, 0.4) is 0 Å². The number of carbonyl (C=O) groups is 1. The van der Waals surface area contributed by atoms with Crippen LogP contribution in [0, 0.1) is 5.82 Å². The number of hydrogen-bond acceptors (Lipinski definition) is 7. The third-order valence-corrected chi connectivity index (χ3v) is 8.41. The second-order valence-corrected chi connectivity index (χ2v) is 17.2. The minimum atomic E-state index is -1.36. The lowest BCUT2D eigenvalue weighted by Gasteiger charge is -2.20. The van der Waals surface area contributed by atoms with Crippen LogP contribution in [0.15, 0.2) is 102 Å². The van der Waals surface area contributed by atoms with Crippen molar-refractivity contribution in [1.82, 2.24) is 4.98 Å². The normalized spacial score (nSPS) is 12.3. The molecule has 0 saturated heterocycles. The molecule has 0 saturated carbocycles. The van der Waals surface area contributed by atoms with E-state index in [1.54, 1.807) is 6.20 Å². The number of esters is 1. The Kier molecular flexibility index (Phi) is 11.7. The summed E-state index contributed by atoms with van der Waals surface area (Å²) in [5.41, 5.74) is 4.55. The molecule has 0 spiro atoms. The van der Waals surface area contributed by atoms with Gasteiger partial charge in [-0.2, -0.15) is 0 Å². The van der Waals surface area contributed by atoms with Crippen molar-refractivity contribution in [2.75, 3.05) is 19.8 Å². The molecule has 1 atom stereocenters. The lowest BCUT2D eigenvalue weighted by molar-refractivity contribution is -0.151. The number of aromatic nitrogens is 1. The van der Waals surface area contributed by atoms with Crippen LogP contribution in [0.1, 0.15) is 18.1 Å². The average molecular weight is 615 g/mol. The van der Waals surface area contributed by atoms with E-state index in [9.17, 15) is 9.18 Å². The molecule has 4 aromatic rings. The Hall–Kier alpha value is -4.50. The van der Waals surface area contributed by atoms with Crippen molar-refractivity contribution < 1.29 is 28.2 Å². The molecular formula is C35H39FN2O5Si. The molecule has 0 aliphatic carbocycles. The van der Waals surface area contributed by atoms with E-state index in [0.717, 1.165) is 34.1 Å². The first kappa shape index (κ1) is 32.4. The van der Waals surface area contributed by atoms with Crippen molar-refractivity contribution in [3.8, 4) is 22.8 Å². The fourth-order valence-electron chi connectivity index (χ4n) is 4.14. The smallest absolute Gasteiger partial charge is 0.347 e. The molecule has 4 rings (SSSR count). The molecule has 1 unspecified atom stereocenters. The summed E-state index contributed by atoms with van der Waals surface area (Å²) in [6.07, 6.45) is 1.20. The van der Waals surface area contributed by atoms with Gasteiger partial charge < -0.3 is 19.0 Å². The summed E-state index contributed by atoms with van der Waals surface area (Å²) >= 11 is 0. The van der Waals surface area contributed by atoms with Crippen molar-refractivity contribution in [2.24, 2.45) is 5.16 Å². The largest absolute Gasteiger partial charge is 0.490 e. The Morgan fingerprint density at radius 1 is 0.864 bits per heavy atom. The third-order valence-electron chi connectivity index (χ3n) is 6.70. The van der Waals surface area contributed by atoms with Gasteiger partial charge in [0.15, 0.2) is 12.7 Å². The van der Waals surface area contributed by atoms with Gasteiger partial charge in [0.2, 0.25) is 0 Å². The minimum absolute atomic E-state index is 0.280. The van der Waals surface area contributed by atoms with Gasteiger partial charge in [-0.15, -0.1) is 0 Å². The summed E-state index contributed by atoms with van der Waals surface area (Å²) in [7, 11) is -1.36. The first-order valence-corrected chi connectivity index (χ1v) is 18.4. The first-order valence-electron chi connectivity index (χ1n) is 14.7. The van der Waals surface area contributed by atoms with E-state index in [2.05, 4.69) is 29.8 Å². The summed E-state index contributed by atoms with van der Waals surface area (Å²) in [5.74, 6) is 0.251. The van der Waals surface area contributed by atoms with Gasteiger partial charge in [-0.25, -0.2) is 9.18 Å².